The van der Waals surface area contributed by atoms with Gasteiger partial charge in [-0.2, -0.15) is 4.39 Å². The zero-order valence-electron chi connectivity index (χ0n) is 16.1. The van der Waals surface area contributed by atoms with E-state index < -0.39 is 5.95 Å². The van der Waals surface area contributed by atoms with Crippen LogP contribution in [0.1, 0.15) is 40.5 Å². The second-order valence-corrected chi connectivity index (χ2v) is 7.42. The standard InChI is InChI=1S/C19H25FN6O2/c1-24-18-15(13-28-9-8-25-6-2-3-7-25)11-26(12-16(18)22-23-24)19(27)14-4-5-21-17(20)10-14/h4-5,10,15H,2-3,6-9,11-13H2,1H3. The van der Waals surface area contributed by atoms with Gasteiger partial charge in [-0.25, -0.2) is 4.98 Å². The third-order valence-corrected chi connectivity index (χ3v) is 5.44. The van der Waals surface area contributed by atoms with Gasteiger partial charge in [0.05, 0.1) is 25.5 Å². The van der Waals surface area contributed by atoms with Gasteiger partial charge in [0.15, 0.2) is 0 Å². The number of hydrogen-bond acceptors (Lipinski definition) is 6. The van der Waals surface area contributed by atoms with Crippen LogP contribution in [0.25, 0.3) is 0 Å². The Morgan fingerprint density at radius 3 is 2.96 bits per heavy atom. The largest absolute Gasteiger partial charge is 0.379 e. The van der Waals surface area contributed by atoms with Crippen molar-refractivity contribution in [3.8, 4) is 0 Å². The molecule has 1 fully saturated rings. The highest BCUT2D eigenvalue weighted by atomic mass is 19.1. The minimum atomic E-state index is -0.662. The van der Waals surface area contributed by atoms with E-state index in [-0.39, 0.29) is 17.4 Å². The van der Waals surface area contributed by atoms with Crippen LogP contribution in [0, 0.1) is 5.95 Å². The maximum atomic E-state index is 13.4. The van der Waals surface area contributed by atoms with Crippen LogP contribution < -0.4 is 0 Å². The molecular weight excluding hydrogens is 363 g/mol. The lowest BCUT2D eigenvalue weighted by molar-refractivity contribution is 0.0603. The molecule has 1 amide bonds. The first kappa shape index (κ1) is 18.9. The van der Waals surface area contributed by atoms with Crippen LogP contribution in [0.5, 0.6) is 0 Å². The molecule has 9 heteroatoms. The molecular formula is C19H25FN6O2. The number of amides is 1. The fraction of sp³-hybridized carbons (Fsp3) is 0.579. The Bertz CT molecular complexity index is 836. The SMILES string of the molecule is Cn1nnc2c1C(COCCN1CCCC1)CN(C(=O)c1ccnc(F)c1)C2. The first-order valence-electron chi connectivity index (χ1n) is 9.71. The first-order valence-corrected chi connectivity index (χ1v) is 9.71. The number of halogens is 1. The Labute approximate surface area is 163 Å². The lowest BCUT2D eigenvalue weighted by atomic mass is 9.98. The monoisotopic (exact) mass is 388 g/mol. The van der Waals surface area contributed by atoms with E-state index in [1.807, 2.05) is 7.05 Å². The lowest BCUT2D eigenvalue weighted by Crippen LogP contribution is -2.40. The van der Waals surface area contributed by atoms with Gasteiger partial charge < -0.3 is 14.5 Å². The van der Waals surface area contributed by atoms with Crippen molar-refractivity contribution in [2.24, 2.45) is 7.05 Å². The molecule has 1 saturated heterocycles. The number of ether oxygens (including phenoxy) is 1. The second-order valence-electron chi connectivity index (χ2n) is 7.42. The average Bonchev–Trinajstić information content (AvgIpc) is 3.34. The number of hydrogen-bond donors (Lipinski definition) is 0. The molecule has 1 unspecified atom stereocenters. The third kappa shape index (κ3) is 4.05. The number of fused-ring (bicyclic) bond motifs is 1. The number of likely N-dealkylation sites (tertiary alicyclic amines) is 1. The van der Waals surface area contributed by atoms with Crippen LogP contribution in [-0.2, 0) is 18.3 Å². The van der Waals surface area contributed by atoms with Crippen LogP contribution in [0.4, 0.5) is 4.39 Å². The highest BCUT2D eigenvalue weighted by Gasteiger charge is 2.33. The van der Waals surface area contributed by atoms with Crippen molar-refractivity contribution >= 4 is 5.91 Å². The lowest BCUT2D eigenvalue weighted by Gasteiger charge is -2.32. The molecule has 0 radical (unpaired) electrons. The Balaban J connectivity index is 1.43. The van der Waals surface area contributed by atoms with Crippen LogP contribution in [-0.4, -0.2) is 75.1 Å². The predicted molar refractivity (Wildman–Crippen MR) is 99.2 cm³/mol. The van der Waals surface area contributed by atoms with Crippen molar-refractivity contribution in [1.29, 1.82) is 0 Å². The van der Waals surface area contributed by atoms with E-state index in [2.05, 4.69) is 20.2 Å². The maximum Gasteiger partial charge on any atom is 0.254 e. The molecule has 0 bridgehead atoms. The van der Waals surface area contributed by atoms with Gasteiger partial charge in [0, 0.05) is 43.9 Å². The minimum absolute atomic E-state index is 0.0158. The van der Waals surface area contributed by atoms with Crippen molar-refractivity contribution in [2.45, 2.75) is 25.3 Å². The predicted octanol–water partition coefficient (Wildman–Crippen LogP) is 1.20. The highest BCUT2D eigenvalue weighted by molar-refractivity contribution is 5.94. The summed E-state index contributed by atoms with van der Waals surface area (Å²) < 4.78 is 21.1. The van der Waals surface area contributed by atoms with E-state index in [0.717, 1.165) is 37.1 Å². The number of nitrogens with zero attached hydrogens (tertiary/aromatic N) is 6. The van der Waals surface area contributed by atoms with Crippen molar-refractivity contribution < 1.29 is 13.9 Å². The Hall–Kier alpha value is -2.39. The molecule has 0 N–H and O–H groups in total. The summed E-state index contributed by atoms with van der Waals surface area (Å²) in [7, 11) is 1.86. The van der Waals surface area contributed by atoms with Crippen molar-refractivity contribution in [3.63, 3.8) is 0 Å². The minimum Gasteiger partial charge on any atom is -0.379 e. The summed E-state index contributed by atoms with van der Waals surface area (Å²) in [5.74, 6) is -0.914. The molecule has 0 aromatic carbocycles. The van der Waals surface area contributed by atoms with E-state index in [0.29, 0.717) is 26.3 Å². The quantitative estimate of drug-likeness (QED) is 0.547. The number of carbonyl (C=O) groups is 1. The van der Waals surface area contributed by atoms with Gasteiger partial charge >= 0.3 is 0 Å². The summed E-state index contributed by atoms with van der Waals surface area (Å²) in [4.78, 5) is 20.5. The molecule has 0 aliphatic carbocycles. The molecule has 1 atom stereocenters. The summed E-state index contributed by atoms with van der Waals surface area (Å²) in [6.07, 6.45) is 3.83. The zero-order chi connectivity index (χ0) is 19.5. The Morgan fingerprint density at radius 2 is 2.18 bits per heavy atom. The van der Waals surface area contributed by atoms with E-state index >= 15 is 0 Å². The second kappa shape index (κ2) is 8.32. The average molecular weight is 388 g/mol. The molecule has 150 valence electrons. The molecule has 2 aromatic rings. The maximum absolute atomic E-state index is 13.4. The molecule has 2 aliphatic rings. The summed E-state index contributed by atoms with van der Waals surface area (Å²) in [6.45, 7) is 5.23. The van der Waals surface area contributed by atoms with Crippen molar-refractivity contribution in [2.75, 3.05) is 39.4 Å². The molecule has 28 heavy (non-hydrogen) atoms. The summed E-state index contributed by atoms with van der Waals surface area (Å²) in [5.41, 5.74) is 2.06. The fourth-order valence-corrected chi connectivity index (χ4v) is 4.05. The number of aryl methyl sites for hydroxylation is 1. The summed E-state index contributed by atoms with van der Waals surface area (Å²) >= 11 is 0. The van der Waals surface area contributed by atoms with Gasteiger partial charge in [-0.3, -0.25) is 9.48 Å². The van der Waals surface area contributed by atoms with Crippen LogP contribution in [0.3, 0.4) is 0 Å². The van der Waals surface area contributed by atoms with Crippen molar-refractivity contribution in [3.05, 3.63) is 41.2 Å². The van der Waals surface area contributed by atoms with Gasteiger partial charge in [-0.1, -0.05) is 5.21 Å². The molecule has 0 saturated carbocycles. The number of aromatic nitrogens is 4. The van der Waals surface area contributed by atoms with E-state index in [1.54, 1.807) is 9.58 Å². The molecule has 4 rings (SSSR count). The third-order valence-electron chi connectivity index (χ3n) is 5.44. The highest BCUT2D eigenvalue weighted by Crippen LogP contribution is 2.28. The fourth-order valence-electron chi connectivity index (χ4n) is 4.05. The smallest absolute Gasteiger partial charge is 0.254 e. The summed E-state index contributed by atoms with van der Waals surface area (Å²) in [6, 6.07) is 2.69. The van der Waals surface area contributed by atoms with Crippen LogP contribution in [0.15, 0.2) is 18.3 Å². The molecule has 8 nitrogen and oxygen atoms in total. The van der Waals surface area contributed by atoms with Crippen LogP contribution >= 0.6 is 0 Å². The van der Waals surface area contributed by atoms with Gasteiger partial charge in [-0.15, -0.1) is 5.10 Å². The van der Waals surface area contributed by atoms with Crippen molar-refractivity contribution in [1.82, 2.24) is 29.8 Å². The normalized spacial score (nSPS) is 19.8. The number of pyridine rings is 1. The van der Waals surface area contributed by atoms with Gasteiger partial charge in [0.1, 0.15) is 5.69 Å². The number of carbonyl (C=O) groups excluding carboxylic acids is 1. The molecule has 2 aliphatic heterocycles. The first-order chi connectivity index (χ1) is 13.6. The van der Waals surface area contributed by atoms with Gasteiger partial charge in [0.25, 0.3) is 5.91 Å². The Morgan fingerprint density at radius 1 is 1.36 bits per heavy atom. The number of rotatable bonds is 6. The Kier molecular flexibility index (Phi) is 5.63. The topological polar surface area (TPSA) is 76.4 Å². The van der Waals surface area contributed by atoms with Crippen LogP contribution in [0.2, 0.25) is 0 Å². The molecule has 4 heterocycles. The van der Waals surface area contributed by atoms with E-state index in [1.165, 1.54) is 25.1 Å². The van der Waals surface area contributed by atoms with E-state index in [4.69, 9.17) is 4.74 Å². The zero-order valence-corrected chi connectivity index (χ0v) is 16.1. The molecule has 2 aromatic heterocycles. The van der Waals surface area contributed by atoms with Gasteiger partial charge in [-0.05, 0) is 32.0 Å². The molecule has 0 spiro atoms. The van der Waals surface area contributed by atoms with Gasteiger partial charge in [0.2, 0.25) is 5.95 Å². The van der Waals surface area contributed by atoms with E-state index in [9.17, 15) is 9.18 Å². The summed E-state index contributed by atoms with van der Waals surface area (Å²) in [5, 5.41) is 8.33.